The average Bonchev–Trinajstić information content (AvgIpc) is 3.80. The molecule has 15 heteroatoms. The molecular weight excluding hydrogens is 606 g/mol. The van der Waals surface area contributed by atoms with E-state index in [2.05, 4.69) is 59.1 Å². The predicted octanol–water partition coefficient (Wildman–Crippen LogP) is -6.17. The summed E-state index contributed by atoms with van der Waals surface area (Å²) in [6.07, 6.45) is 6.46. The third kappa shape index (κ3) is 24.6. The molecule has 0 radical (unpaired) electrons. The van der Waals surface area contributed by atoms with Gasteiger partial charge in [-0.25, -0.2) is 0 Å². The van der Waals surface area contributed by atoms with Crippen molar-refractivity contribution in [1.29, 1.82) is 0 Å². The minimum atomic E-state index is -1.55. The van der Waals surface area contributed by atoms with Crippen LogP contribution in [0.4, 0.5) is 0 Å². The van der Waals surface area contributed by atoms with Crippen LogP contribution in [0.15, 0.2) is 66.8 Å². The molecule has 254 valence electrons. The Labute approximate surface area is 267 Å². The van der Waals surface area contributed by atoms with Crippen molar-refractivity contribution in [3.63, 3.8) is 0 Å². The molecule has 1 aliphatic carbocycles. The zero-order valence-corrected chi connectivity index (χ0v) is 25.6. The highest BCUT2D eigenvalue weighted by Gasteiger charge is 2.29. The van der Waals surface area contributed by atoms with Gasteiger partial charge in [0.05, 0.1) is 35.8 Å². The molecule has 46 heavy (non-hydrogen) atoms. The second-order valence-electron chi connectivity index (χ2n) is 10.2. The van der Waals surface area contributed by atoms with Crippen LogP contribution in [0.1, 0.15) is 30.9 Å². The van der Waals surface area contributed by atoms with E-state index < -0.39 is 35.8 Å². The molecule has 1 aliphatic heterocycles. The molecule has 1 aromatic carbocycles. The lowest BCUT2D eigenvalue weighted by Crippen LogP contribution is -2.48. The first-order valence-corrected chi connectivity index (χ1v) is 14.1. The number of carboxylic acid groups (broad SMARTS) is 6. The predicted molar refractivity (Wildman–Crippen MR) is 151 cm³/mol. The van der Waals surface area contributed by atoms with Crippen molar-refractivity contribution in [1.82, 2.24) is 14.7 Å². The van der Waals surface area contributed by atoms with Crippen LogP contribution in [0.2, 0.25) is 0 Å². The topological polar surface area (TPSA) is 250 Å². The summed E-state index contributed by atoms with van der Waals surface area (Å²) in [6.45, 7) is 7.45. The monoisotopic (exact) mass is 643 g/mol. The molecule has 0 spiro atoms. The van der Waals surface area contributed by atoms with Crippen LogP contribution in [0, 0.1) is 5.92 Å². The van der Waals surface area contributed by atoms with E-state index >= 15 is 0 Å². The van der Waals surface area contributed by atoms with Gasteiger partial charge in [0.25, 0.3) is 0 Å². The van der Waals surface area contributed by atoms with Gasteiger partial charge in [0.15, 0.2) is 0 Å². The Kier molecular flexibility index (Phi) is 21.0. The van der Waals surface area contributed by atoms with E-state index in [1.165, 1.54) is 57.5 Å². The maximum absolute atomic E-state index is 9.41. The average molecular weight is 644 g/mol. The molecule has 2 aliphatic rings. The number of carbonyl (C=O) groups is 6. The molecule has 1 heterocycles. The minimum Gasteiger partial charge on any atom is -0.545 e. The van der Waals surface area contributed by atoms with Crippen LogP contribution in [0.5, 0.6) is 0 Å². The number of aliphatic carboxylic acids is 6. The zero-order chi connectivity index (χ0) is 35.1. The lowest BCUT2D eigenvalue weighted by molar-refractivity contribution is -0.301. The van der Waals surface area contributed by atoms with E-state index in [4.69, 9.17) is 0 Å². The van der Waals surface area contributed by atoms with Crippen molar-refractivity contribution >= 4 is 35.8 Å². The normalized spacial score (nSPS) is 15.5. The van der Waals surface area contributed by atoms with Gasteiger partial charge in [0, 0.05) is 38.8 Å². The number of carboxylic acids is 6. The third-order valence-corrected chi connectivity index (χ3v) is 6.16. The highest BCUT2D eigenvalue weighted by Crippen LogP contribution is 2.31. The number of piperazine rings is 1. The molecule has 2 fully saturated rings. The Bertz CT molecular complexity index is 1070. The Morgan fingerprint density at radius 1 is 0.674 bits per heavy atom. The molecule has 0 bridgehead atoms. The fourth-order valence-corrected chi connectivity index (χ4v) is 3.95. The van der Waals surface area contributed by atoms with Crippen LogP contribution >= 0.6 is 0 Å². The molecule has 0 N–H and O–H groups in total. The van der Waals surface area contributed by atoms with Gasteiger partial charge in [-0.3, -0.25) is 4.90 Å². The number of hydrogen-bond acceptors (Lipinski definition) is 15. The highest BCUT2D eigenvalue weighted by molar-refractivity contribution is 5.88. The Hall–Kier alpha value is -4.86. The third-order valence-electron chi connectivity index (χ3n) is 6.16. The Morgan fingerprint density at radius 3 is 1.35 bits per heavy atom. The number of carbonyl (C=O) groups excluding carboxylic acids is 6. The van der Waals surface area contributed by atoms with Gasteiger partial charge in [0.1, 0.15) is 0 Å². The summed E-state index contributed by atoms with van der Waals surface area (Å²) in [6, 6.07) is 11.7. The van der Waals surface area contributed by atoms with Gasteiger partial charge < -0.3 is 69.2 Å². The maximum atomic E-state index is 9.41. The van der Waals surface area contributed by atoms with Crippen LogP contribution < -0.4 is 30.6 Å². The first kappa shape index (κ1) is 41.1. The summed E-state index contributed by atoms with van der Waals surface area (Å²) in [5.74, 6) is -8.26. The van der Waals surface area contributed by atoms with E-state index in [0.29, 0.717) is 42.5 Å². The minimum absolute atomic E-state index is 0.384. The van der Waals surface area contributed by atoms with Crippen molar-refractivity contribution in [2.24, 2.45) is 5.92 Å². The van der Waals surface area contributed by atoms with E-state index in [1.807, 2.05) is 0 Å². The van der Waals surface area contributed by atoms with E-state index in [-0.39, 0.29) is 0 Å². The summed E-state index contributed by atoms with van der Waals surface area (Å²) in [5, 5.41) is 56.5. The standard InChI is InChI=1S/C19H31N3.3C4H4O4/c1-20(2)11-10-19(18-6-4-3-5-7-18)22-14-12-21(13-15-22)16-17-8-9-17;3*5-3(6)1-2-4(7)8/h3-7,17,19H,8-16H2,1-2H3;3*1-2H,(H,5,6)(H,7,8)/p-6/b;3*2-1-. The molecule has 0 amide bonds. The van der Waals surface area contributed by atoms with Crippen molar-refractivity contribution in [2.75, 3.05) is 53.4 Å². The van der Waals surface area contributed by atoms with Gasteiger partial charge in [-0.2, -0.15) is 0 Å². The smallest absolute Gasteiger partial charge is 0.0643 e. The molecule has 1 atom stereocenters. The molecule has 1 aromatic rings. The zero-order valence-electron chi connectivity index (χ0n) is 25.6. The van der Waals surface area contributed by atoms with E-state index in [0.717, 1.165) is 12.5 Å². The van der Waals surface area contributed by atoms with Gasteiger partial charge in [0.2, 0.25) is 0 Å². The SMILES string of the molecule is CN(C)CCC(c1ccccc1)N1CCN(CC2CC2)CC1.O=C([O-])/C=C\C(=O)[O-].O=C([O-])/C=C\C(=O)[O-].O=C([O-])/C=C\C(=O)[O-]. The molecule has 1 saturated carbocycles. The van der Waals surface area contributed by atoms with Crippen molar-refractivity contribution in [3.8, 4) is 0 Å². The van der Waals surface area contributed by atoms with Crippen molar-refractivity contribution in [2.45, 2.75) is 25.3 Å². The Balaban J connectivity index is 0.000000699. The second-order valence-corrected chi connectivity index (χ2v) is 10.2. The van der Waals surface area contributed by atoms with Crippen LogP contribution in [0.25, 0.3) is 0 Å². The molecule has 1 unspecified atom stereocenters. The lowest BCUT2D eigenvalue weighted by Gasteiger charge is -2.40. The fraction of sp³-hybridized carbons (Fsp3) is 0.419. The summed E-state index contributed by atoms with van der Waals surface area (Å²) in [7, 11) is 4.35. The molecule has 0 aromatic heterocycles. The molecule has 3 rings (SSSR count). The van der Waals surface area contributed by atoms with Gasteiger partial charge in [-0.15, -0.1) is 0 Å². The summed E-state index contributed by atoms with van der Waals surface area (Å²) >= 11 is 0. The second kappa shape index (κ2) is 23.5. The summed E-state index contributed by atoms with van der Waals surface area (Å²) in [5.41, 5.74) is 1.49. The summed E-state index contributed by atoms with van der Waals surface area (Å²) in [4.78, 5) is 64.2. The maximum Gasteiger partial charge on any atom is 0.0643 e. The fourth-order valence-electron chi connectivity index (χ4n) is 3.95. The quantitative estimate of drug-likeness (QED) is 0.181. The first-order valence-electron chi connectivity index (χ1n) is 14.1. The van der Waals surface area contributed by atoms with Crippen molar-refractivity contribution < 1.29 is 59.4 Å². The Morgan fingerprint density at radius 2 is 1.04 bits per heavy atom. The number of nitrogens with zero attached hydrogens (tertiary/aromatic N) is 3. The van der Waals surface area contributed by atoms with Crippen LogP contribution in [0.3, 0.4) is 0 Å². The number of hydrogen-bond donors (Lipinski definition) is 0. The first-order chi connectivity index (χ1) is 21.6. The largest absolute Gasteiger partial charge is 0.545 e. The summed E-state index contributed by atoms with van der Waals surface area (Å²) < 4.78 is 0. The molecular formula is C31H37N3O12-6. The van der Waals surface area contributed by atoms with Crippen LogP contribution in [-0.2, 0) is 28.8 Å². The lowest BCUT2D eigenvalue weighted by atomic mass is 10.0. The highest BCUT2D eigenvalue weighted by atomic mass is 16.4. The van der Waals surface area contributed by atoms with E-state index in [9.17, 15) is 59.4 Å². The van der Waals surface area contributed by atoms with Crippen molar-refractivity contribution in [3.05, 3.63) is 72.4 Å². The van der Waals surface area contributed by atoms with Gasteiger partial charge >= 0.3 is 0 Å². The van der Waals surface area contributed by atoms with E-state index in [1.54, 1.807) is 0 Å². The number of benzene rings is 1. The van der Waals surface area contributed by atoms with Gasteiger partial charge in [-0.05, 0) is 87.8 Å². The van der Waals surface area contributed by atoms with Gasteiger partial charge in [-0.1, -0.05) is 30.3 Å². The molecule has 15 nitrogen and oxygen atoms in total. The molecule has 1 saturated heterocycles. The van der Waals surface area contributed by atoms with Crippen LogP contribution in [-0.4, -0.2) is 104 Å². The number of rotatable bonds is 13.